The van der Waals surface area contributed by atoms with E-state index in [0.29, 0.717) is 0 Å². The molecular weight excluding hydrogens is 727 g/mol. The van der Waals surface area contributed by atoms with Crippen molar-refractivity contribution in [2.75, 3.05) is 0 Å². The average Bonchev–Trinajstić information content (AvgIpc) is 3.97. The first-order valence-electron chi connectivity index (χ1n) is 19.8. The van der Waals surface area contributed by atoms with Crippen LogP contribution in [0.5, 0.6) is 0 Å². The first-order chi connectivity index (χ1) is 28.6. The fourth-order valence-electron chi connectivity index (χ4n) is 10.4. The topological polar surface area (TPSA) is 35.1 Å². The summed E-state index contributed by atoms with van der Waals surface area (Å²) in [5, 5.41) is 4.48. The highest BCUT2D eigenvalue weighted by Gasteiger charge is 2.57. The maximum Gasteiger partial charge on any atom is 0.144 e. The zero-order valence-electron chi connectivity index (χ0n) is 31.2. The van der Waals surface area contributed by atoms with Gasteiger partial charge in [-0.1, -0.05) is 140 Å². The summed E-state index contributed by atoms with van der Waals surface area (Å²) in [6, 6.07) is 70.3. The SMILES string of the molecule is O=S12(c3ccccc3-c3ccccc31)c1ccccc1-c1c(-c3cccc(-c4c5oc6ccccc6c5cc5c4c4ccccc4n5-c4ccccc4)c3)cccc12. The highest BCUT2D eigenvalue weighted by Crippen LogP contribution is 2.71. The third-order valence-electron chi connectivity index (χ3n) is 12.7. The van der Waals surface area contributed by atoms with E-state index in [4.69, 9.17) is 4.42 Å². The van der Waals surface area contributed by atoms with Gasteiger partial charge in [0.15, 0.2) is 0 Å². The second kappa shape index (κ2) is 11.2. The van der Waals surface area contributed by atoms with E-state index in [0.717, 1.165) is 114 Å². The van der Waals surface area contributed by atoms with E-state index in [1.54, 1.807) is 0 Å². The highest BCUT2D eigenvalue weighted by molar-refractivity contribution is 8.21. The second-order valence-corrected chi connectivity index (χ2v) is 19.2. The summed E-state index contributed by atoms with van der Waals surface area (Å²) < 4.78 is 26.4. The lowest BCUT2D eigenvalue weighted by Gasteiger charge is -2.38. The van der Waals surface area contributed by atoms with E-state index in [1.807, 2.05) is 24.3 Å². The molecule has 13 rings (SSSR count). The summed E-state index contributed by atoms with van der Waals surface area (Å²) in [5.74, 6) is 0. The molecule has 2 aliphatic heterocycles. The van der Waals surface area contributed by atoms with Gasteiger partial charge in [0.05, 0.1) is 11.0 Å². The molecule has 0 fully saturated rings. The van der Waals surface area contributed by atoms with Gasteiger partial charge in [-0.3, -0.25) is 4.21 Å². The van der Waals surface area contributed by atoms with E-state index in [-0.39, 0.29) is 0 Å². The zero-order chi connectivity index (χ0) is 38.2. The van der Waals surface area contributed by atoms with Crippen molar-refractivity contribution in [1.29, 1.82) is 0 Å². The normalized spacial score (nSPS) is 15.0. The first kappa shape index (κ1) is 31.9. The van der Waals surface area contributed by atoms with Gasteiger partial charge in [-0.05, 0) is 94.0 Å². The second-order valence-electron chi connectivity index (χ2n) is 15.5. The van der Waals surface area contributed by atoms with Crippen LogP contribution >= 0.6 is 0 Å². The van der Waals surface area contributed by atoms with Crippen molar-refractivity contribution in [2.24, 2.45) is 0 Å². The zero-order valence-corrected chi connectivity index (χ0v) is 32.0. The Kier molecular flexibility index (Phi) is 6.15. The van der Waals surface area contributed by atoms with Crippen LogP contribution in [0.1, 0.15) is 0 Å². The van der Waals surface area contributed by atoms with E-state index in [9.17, 15) is 0 Å². The molecule has 9 aromatic carbocycles. The van der Waals surface area contributed by atoms with E-state index in [2.05, 4.69) is 180 Å². The van der Waals surface area contributed by atoms with Gasteiger partial charge in [-0.25, -0.2) is 0 Å². The van der Waals surface area contributed by atoms with Crippen molar-refractivity contribution >= 4 is 52.8 Å². The van der Waals surface area contributed by atoms with Gasteiger partial charge in [0.1, 0.15) is 11.2 Å². The van der Waals surface area contributed by atoms with E-state index < -0.39 is 9.07 Å². The van der Waals surface area contributed by atoms with Gasteiger partial charge < -0.3 is 8.98 Å². The van der Waals surface area contributed by atoms with Crippen LogP contribution < -0.4 is 0 Å². The Morgan fingerprint density at radius 2 is 0.966 bits per heavy atom. The predicted molar refractivity (Wildman–Crippen MR) is 237 cm³/mol. The van der Waals surface area contributed by atoms with Crippen molar-refractivity contribution in [3.05, 3.63) is 200 Å². The number of hydrogen-bond donors (Lipinski definition) is 0. The molecule has 0 radical (unpaired) electrons. The summed E-state index contributed by atoms with van der Waals surface area (Å²) in [7, 11) is -3.98. The lowest BCUT2D eigenvalue weighted by Crippen LogP contribution is -2.29. The summed E-state index contributed by atoms with van der Waals surface area (Å²) >= 11 is 0. The fourth-order valence-corrected chi connectivity index (χ4v) is 15.6. The van der Waals surface area contributed by atoms with Gasteiger partial charge in [-0.15, -0.1) is 0 Å². The van der Waals surface area contributed by atoms with Gasteiger partial charge >= 0.3 is 0 Å². The van der Waals surface area contributed by atoms with Crippen LogP contribution in [-0.2, 0) is 9.07 Å². The summed E-state index contributed by atoms with van der Waals surface area (Å²) in [5.41, 5.74) is 13.5. The summed E-state index contributed by atoms with van der Waals surface area (Å²) in [6.45, 7) is 0. The molecule has 3 nitrogen and oxygen atoms in total. The molecule has 2 aromatic heterocycles. The number of furan rings is 1. The minimum Gasteiger partial charge on any atom is -0.455 e. The first-order valence-corrected chi connectivity index (χ1v) is 21.7. The maximum atomic E-state index is 17.2. The number of aromatic nitrogens is 1. The van der Waals surface area contributed by atoms with Crippen LogP contribution in [0.4, 0.5) is 0 Å². The highest BCUT2D eigenvalue weighted by atomic mass is 32.3. The molecule has 0 amide bonds. The smallest absolute Gasteiger partial charge is 0.144 e. The summed E-state index contributed by atoms with van der Waals surface area (Å²) in [6.07, 6.45) is 0. The Bertz CT molecular complexity index is 3590. The minimum atomic E-state index is -3.98. The molecule has 0 aliphatic carbocycles. The van der Waals surface area contributed by atoms with Crippen molar-refractivity contribution in [2.45, 2.75) is 19.6 Å². The largest absolute Gasteiger partial charge is 0.455 e. The molecule has 0 saturated carbocycles. The number of fused-ring (bicyclic) bond motifs is 16. The molecular formula is C54H33NO2S. The standard InChI is InChI=1S/C54H33NO2S/c56-58(47-28-11-6-21-39(47)40-22-7-12-29-48(40)58)49-30-13-8-24-42(49)52-37(25-15-31-50(52)58)34-16-14-17-35(32-34)51-53-41-23-4-9-26-44(41)55(36-18-2-1-3-19-36)45(53)33-43-38-20-5-10-27-46(38)57-54(43)51/h1-33H. The Morgan fingerprint density at radius 3 is 1.74 bits per heavy atom. The van der Waals surface area contributed by atoms with Crippen LogP contribution in [0.15, 0.2) is 224 Å². The average molecular weight is 760 g/mol. The molecule has 2 aliphatic rings. The molecule has 58 heavy (non-hydrogen) atoms. The third kappa shape index (κ3) is 3.76. The molecule has 11 aromatic rings. The minimum absolute atomic E-state index is 0.864. The lowest BCUT2D eigenvalue weighted by molar-refractivity contribution is 0.658. The van der Waals surface area contributed by atoms with Gasteiger partial charge in [0.25, 0.3) is 0 Å². The lowest BCUT2D eigenvalue weighted by atomic mass is 9.91. The maximum absolute atomic E-state index is 17.2. The van der Waals surface area contributed by atoms with Crippen LogP contribution in [0.3, 0.4) is 0 Å². The van der Waals surface area contributed by atoms with Crippen molar-refractivity contribution in [3.8, 4) is 50.2 Å². The number of rotatable bonds is 3. The van der Waals surface area contributed by atoms with Crippen molar-refractivity contribution in [3.63, 3.8) is 0 Å². The Balaban J connectivity index is 1.13. The van der Waals surface area contributed by atoms with Crippen molar-refractivity contribution in [1.82, 2.24) is 4.57 Å². The molecule has 4 heteroatoms. The van der Waals surface area contributed by atoms with Crippen LogP contribution in [-0.4, -0.2) is 8.78 Å². The Morgan fingerprint density at radius 1 is 0.397 bits per heavy atom. The monoisotopic (exact) mass is 759 g/mol. The number of nitrogens with zero attached hydrogens (tertiary/aromatic N) is 1. The summed E-state index contributed by atoms with van der Waals surface area (Å²) in [4.78, 5) is 3.56. The molecule has 4 heterocycles. The molecule has 0 unspecified atom stereocenters. The number of benzene rings is 9. The van der Waals surface area contributed by atoms with Gasteiger partial charge in [0.2, 0.25) is 0 Å². The van der Waals surface area contributed by atoms with Crippen LogP contribution in [0, 0.1) is 0 Å². The Labute approximate surface area is 334 Å². The van der Waals surface area contributed by atoms with Gasteiger partial charge in [0, 0.05) is 67.0 Å². The number of hydrogen-bond acceptors (Lipinski definition) is 2. The van der Waals surface area contributed by atoms with E-state index in [1.165, 1.54) is 0 Å². The molecule has 0 N–H and O–H groups in total. The van der Waals surface area contributed by atoms with E-state index >= 15 is 4.21 Å². The molecule has 0 atom stereocenters. The molecule has 1 spiro atoms. The molecule has 0 saturated heterocycles. The predicted octanol–water partition coefficient (Wildman–Crippen LogP) is 14.3. The Hall–Kier alpha value is -7.27. The third-order valence-corrected chi connectivity index (χ3v) is 17.5. The number of para-hydroxylation sites is 3. The van der Waals surface area contributed by atoms with Gasteiger partial charge in [-0.2, -0.15) is 0 Å². The van der Waals surface area contributed by atoms with Crippen LogP contribution in [0.2, 0.25) is 0 Å². The fraction of sp³-hybridized carbons (Fsp3) is 0. The molecule has 272 valence electrons. The van der Waals surface area contributed by atoms with Crippen molar-refractivity contribution < 1.29 is 8.63 Å². The quantitative estimate of drug-likeness (QED) is 0.180. The molecule has 0 bridgehead atoms. The van der Waals surface area contributed by atoms with Crippen LogP contribution in [0.25, 0.3) is 93.9 Å².